The lowest BCUT2D eigenvalue weighted by atomic mass is 10.2. The number of carbonyl (C=O) groups is 1. The van der Waals surface area contributed by atoms with Crippen molar-refractivity contribution >= 4 is 17.5 Å². The van der Waals surface area contributed by atoms with E-state index >= 15 is 0 Å². The van der Waals surface area contributed by atoms with E-state index in [1.807, 2.05) is 12.1 Å². The Hall–Kier alpha value is -2.86. The molecule has 23 heavy (non-hydrogen) atoms. The van der Waals surface area contributed by atoms with Crippen LogP contribution < -0.4 is 10.5 Å². The van der Waals surface area contributed by atoms with E-state index in [9.17, 15) is 4.79 Å². The largest absolute Gasteiger partial charge is 0.484 e. The Morgan fingerprint density at radius 1 is 1.22 bits per heavy atom. The summed E-state index contributed by atoms with van der Waals surface area (Å²) in [6, 6.07) is 13.6. The second-order valence-electron chi connectivity index (χ2n) is 4.70. The molecule has 116 valence electrons. The molecular formula is C16H12ClN3O3. The van der Waals surface area contributed by atoms with Crippen LogP contribution in [0.25, 0.3) is 11.4 Å². The zero-order chi connectivity index (χ0) is 16.2. The van der Waals surface area contributed by atoms with Crippen LogP contribution in [0.5, 0.6) is 5.75 Å². The van der Waals surface area contributed by atoms with Gasteiger partial charge in [-0.15, -0.1) is 0 Å². The molecule has 2 N–H and O–H groups in total. The Bertz CT molecular complexity index is 831. The number of nitrogens with two attached hydrogens (primary N) is 1. The Balaban J connectivity index is 1.66. The van der Waals surface area contributed by atoms with Gasteiger partial charge < -0.3 is 15.0 Å². The summed E-state index contributed by atoms with van der Waals surface area (Å²) in [5.41, 5.74) is 6.35. The summed E-state index contributed by atoms with van der Waals surface area (Å²) in [5.74, 6) is 0.853. The van der Waals surface area contributed by atoms with Crippen LogP contribution in [0, 0.1) is 0 Å². The molecule has 3 rings (SSSR count). The molecule has 0 aliphatic heterocycles. The Kier molecular flexibility index (Phi) is 4.25. The van der Waals surface area contributed by atoms with E-state index in [0.29, 0.717) is 28.1 Å². The normalized spacial score (nSPS) is 10.5. The number of carbonyl (C=O) groups excluding carboxylic acids is 1. The molecule has 3 aromatic rings. The molecule has 0 saturated carbocycles. The van der Waals surface area contributed by atoms with Gasteiger partial charge in [-0.3, -0.25) is 4.79 Å². The highest BCUT2D eigenvalue weighted by Gasteiger charge is 2.10. The van der Waals surface area contributed by atoms with Crippen molar-refractivity contribution in [3.8, 4) is 17.1 Å². The number of aromatic nitrogens is 2. The SMILES string of the molecule is NC(=O)c1ccc(OCc2nc(-c3cccc(Cl)c3)no2)cc1. The first-order chi connectivity index (χ1) is 11.1. The van der Waals surface area contributed by atoms with Crippen LogP contribution in [0.3, 0.4) is 0 Å². The number of nitrogens with zero attached hydrogens (tertiary/aromatic N) is 2. The van der Waals surface area contributed by atoms with Crippen molar-refractivity contribution in [2.24, 2.45) is 5.73 Å². The van der Waals surface area contributed by atoms with Crippen molar-refractivity contribution in [3.63, 3.8) is 0 Å². The highest BCUT2D eigenvalue weighted by atomic mass is 35.5. The van der Waals surface area contributed by atoms with E-state index < -0.39 is 5.91 Å². The molecule has 6 nitrogen and oxygen atoms in total. The molecule has 0 spiro atoms. The van der Waals surface area contributed by atoms with Crippen LogP contribution in [0.4, 0.5) is 0 Å². The predicted molar refractivity (Wildman–Crippen MR) is 84.0 cm³/mol. The zero-order valence-corrected chi connectivity index (χ0v) is 12.7. The van der Waals surface area contributed by atoms with Crippen molar-refractivity contribution in [2.75, 3.05) is 0 Å². The monoisotopic (exact) mass is 329 g/mol. The topological polar surface area (TPSA) is 91.2 Å². The number of hydrogen-bond donors (Lipinski definition) is 1. The number of hydrogen-bond acceptors (Lipinski definition) is 5. The molecule has 2 aromatic carbocycles. The van der Waals surface area contributed by atoms with Gasteiger partial charge in [0.1, 0.15) is 5.75 Å². The summed E-state index contributed by atoms with van der Waals surface area (Å²) < 4.78 is 10.7. The quantitative estimate of drug-likeness (QED) is 0.776. The summed E-state index contributed by atoms with van der Waals surface area (Å²) >= 11 is 5.93. The Morgan fingerprint density at radius 2 is 2.00 bits per heavy atom. The molecule has 1 heterocycles. The maximum Gasteiger partial charge on any atom is 0.264 e. The fourth-order valence-corrected chi connectivity index (χ4v) is 2.11. The molecule has 1 aromatic heterocycles. The van der Waals surface area contributed by atoms with Crippen molar-refractivity contribution in [2.45, 2.75) is 6.61 Å². The molecule has 0 unspecified atom stereocenters. The van der Waals surface area contributed by atoms with Crippen LogP contribution in [-0.4, -0.2) is 16.0 Å². The highest BCUT2D eigenvalue weighted by molar-refractivity contribution is 6.30. The zero-order valence-electron chi connectivity index (χ0n) is 11.9. The smallest absolute Gasteiger partial charge is 0.264 e. The van der Waals surface area contributed by atoms with Crippen molar-refractivity contribution in [3.05, 3.63) is 65.0 Å². The van der Waals surface area contributed by atoms with Gasteiger partial charge in [0, 0.05) is 16.1 Å². The number of rotatable bonds is 5. The fourth-order valence-electron chi connectivity index (χ4n) is 1.92. The third-order valence-electron chi connectivity index (χ3n) is 3.05. The van der Waals surface area contributed by atoms with Crippen molar-refractivity contribution in [1.82, 2.24) is 10.1 Å². The minimum atomic E-state index is -0.486. The Labute approximate surface area is 136 Å². The summed E-state index contributed by atoms with van der Waals surface area (Å²) in [6.07, 6.45) is 0. The molecule has 0 bridgehead atoms. The van der Waals surface area contributed by atoms with Gasteiger partial charge in [0.05, 0.1) is 0 Å². The minimum absolute atomic E-state index is 0.115. The van der Waals surface area contributed by atoms with E-state index in [-0.39, 0.29) is 6.61 Å². The lowest BCUT2D eigenvalue weighted by Crippen LogP contribution is -2.10. The lowest BCUT2D eigenvalue weighted by Gasteiger charge is -2.03. The second-order valence-corrected chi connectivity index (χ2v) is 5.14. The van der Waals surface area contributed by atoms with Gasteiger partial charge in [0.15, 0.2) is 6.61 Å². The maximum atomic E-state index is 11.0. The van der Waals surface area contributed by atoms with Crippen molar-refractivity contribution in [1.29, 1.82) is 0 Å². The van der Waals surface area contributed by atoms with Gasteiger partial charge in [-0.2, -0.15) is 4.98 Å². The molecule has 0 radical (unpaired) electrons. The van der Waals surface area contributed by atoms with Gasteiger partial charge in [-0.05, 0) is 36.4 Å². The van der Waals surface area contributed by atoms with Gasteiger partial charge in [0.2, 0.25) is 11.7 Å². The average Bonchev–Trinajstić information content (AvgIpc) is 3.02. The van der Waals surface area contributed by atoms with Crippen LogP contribution in [0.15, 0.2) is 53.1 Å². The van der Waals surface area contributed by atoms with E-state index in [1.54, 1.807) is 36.4 Å². The highest BCUT2D eigenvalue weighted by Crippen LogP contribution is 2.20. The first-order valence-electron chi connectivity index (χ1n) is 6.73. The Morgan fingerprint density at radius 3 is 2.70 bits per heavy atom. The van der Waals surface area contributed by atoms with E-state index in [0.717, 1.165) is 5.56 Å². The minimum Gasteiger partial charge on any atom is -0.484 e. The molecule has 0 saturated heterocycles. The van der Waals surface area contributed by atoms with E-state index in [2.05, 4.69) is 10.1 Å². The summed E-state index contributed by atoms with van der Waals surface area (Å²) in [7, 11) is 0. The molecular weight excluding hydrogens is 318 g/mol. The van der Waals surface area contributed by atoms with Crippen LogP contribution >= 0.6 is 11.6 Å². The molecule has 0 fully saturated rings. The van der Waals surface area contributed by atoms with Gasteiger partial charge >= 0.3 is 0 Å². The van der Waals surface area contributed by atoms with Crippen LogP contribution in [0.1, 0.15) is 16.2 Å². The van der Waals surface area contributed by atoms with E-state index in [1.165, 1.54) is 0 Å². The average molecular weight is 330 g/mol. The van der Waals surface area contributed by atoms with Crippen LogP contribution in [-0.2, 0) is 6.61 Å². The predicted octanol–water partition coefficient (Wildman–Crippen LogP) is 3.07. The molecule has 0 aliphatic carbocycles. The van der Waals surface area contributed by atoms with Crippen molar-refractivity contribution < 1.29 is 14.1 Å². The van der Waals surface area contributed by atoms with Gasteiger partial charge in [-0.25, -0.2) is 0 Å². The first kappa shape index (κ1) is 15.1. The van der Waals surface area contributed by atoms with Gasteiger partial charge in [0.25, 0.3) is 5.89 Å². The second kappa shape index (κ2) is 6.50. The summed E-state index contributed by atoms with van der Waals surface area (Å²) in [6.45, 7) is 0.115. The number of benzene rings is 2. The van der Waals surface area contributed by atoms with Gasteiger partial charge in [-0.1, -0.05) is 28.9 Å². The van der Waals surface area contributed by atoms with Crippen LogP contribution in [0.2, 0.25) is 5.02 Å². The molecule has 0 atom stereocenters. The summed E-state index contributed by atoms with van der Waals surface area (Å²) in [4.78, 5) is 15.2. The number of primary amides is 1. The molecule has 0 aliphatic rings. The number of amides is 1. The summed E-state index contributed by atoms with van der Waals surface area (Å²) in [5, 5.41) is 4.49. The standard InChI is InChI=1S/C16H12ClN3O3/c17-12-3-1-2-11(8-12)16-19-14(23-20-16)9-22-13-6-4-10(5-7-13)15(18)21/h1-8H,9H2,(H2,18,21). The third-order valence-corrected chi connectivity index (χ3v) is 3.29. The maximum absolute atomic E-state index is 11.0. The first-order valence-corrected chi connectivity index (χ1v) is 7.11. The fraction of sp³-hybridized carbons (Fsp3) is 0.0625. The van der Waals surface area contributed by atoms with E-state index in [4.69, 9.17) is 26.6 Å². The number of ether oxygens (including phenoxy) is 1. The third kappa shape index (κ3) is 3.67. The molecule has 1 amide bonds. The number of halogens is 1. The molecule has 7 heteroatoms. The lowest BCUT2D eigenvalue weighted by molar-refractivity contribution is 0.1000.